The maximum absolute atomic E-state index is 12.8. The molecule has 2 amide bonds. The van der Waals surface area contributed by atoms with E-state index in [1.165, 1.54) is 0 Å². The molecule has 0 bridgehead atoms. The van der Waals surface area contributed by atoms with Crippen molar-refractivity contribution >= 4 is 39.4 Å². The Balaban J connectivity index is 1.40. The summed E-state index contributed by atoms with van der Waals surface area (Å²) in [7, 11) is 2.08. The van der Waals surface area contributed by atoms with E-state index in [-0.39, 0.29) is 23.7 Å². The summed E-state index contributed by atoms with van der Waals surface area (Å²) < 4.78 is 0.854. The van der Waals surface area contributed by atoms with Gasteiger partial charge in [0.05, 0.1) is 10.2 Å². The number of piperazine rings is 1. The first-order valence-electron chi connectivity index (χ1n) is 12.1. The number of likely N-dealkylation sites (N-methyl/N-ethyl adjacent to an activating group) is 1. The summed E-state index contributed by atoms with van der Waals surface area (Å²) in [5.41, 5.74) is 2.41. The van der Waals surface area contributed by atoms with E-state index in [1.54, 1.807) is 6.20 Å². The highest BCUT2D eigenvalue weighted by Crippen LogP contribution is 2.35. The number of benzene rings is 1. The minimum absolute atomic E-state index is 0.0450. The Kier molecular flexibility index (Phi) is 8.15. The Morgan fingerprint density at radius 1 is 1.12 bits per heavy atom. The highest BCUT2D eigenvalue weighted by molar-refractivity contribution is 9.10. The molecular weight excluding hydrogens is 496 g/mol. The third-order valence-electron chi connectivity index (χ3n) is 6.80. The second-order valence-electron chi connectivity index (χ2n) is 9.18. The predicted molar refractivity (Wildman–Crippen MR) is 136 cm³/mol. The van der Waals surface area contributed by atoms with Crippen molar-refractivity contribution in [3.8, 4) is 0 Å². The van der Waals surface area contributed by atoms with E-state index in [9.17, 15) is 9.59 Å². The molecule has 2 fully saturated rings. The molecule has 9 heteroatoms. The number of nitrogens with one attached hydrogen (secondary N) is 2. The SMILES string of the molecule is CCNC(=O)[C@H]1CCC[C@H]1Cc1nc(Nc2ccc(C(=O)N3CCN(C)CC3)cc2)ncc1Br. The van der Waals surface area contributed by atoms with Gasteiger partial charge in [0.1, 0.15) is 0 Å². The normalized spacial score (nSPS) is 20.9. The molecule has 2 atom stereocenters. The lowest BCUT2D eigenvalue weighted by Gasteiger charge is -2.32. The summed E-state index contributed by atoms with van der Waals surface area (Å²) in [5.74, 6) is 1.05. The fraction of sp³-hybridized carbons (Fsp3) is 0.520. The third kappa shape index (κ3) is 5.93. The van der Waals surface area contributed by atoms with Crippen molar-refractivity contribution < 1.29 is 9.59 Å². The maximum Gasteiger partial charge on any atom is 0.253 e. The smallest absolute Gasteiger partial charge is 0.253 e. The molecule has 1 aromatic heterocycles. The molecule has 4 rings (SSSR count). The Bertz CT molecular complexity index is 1010. The summed E-state index contributed by atoms with van der Waals surface area (Å²) in [6.45, 7) is 5.93. The van der Waals surface area contributed by atoms with E-state index in [1.807, 2.05) is 36.1 Å². The second-order valence-corrected chi connectivity index (χ2v) is 10.0. The molecule has 182 valence electrons. The number of nitrogens with zero attached hydrogens (tertiary/aromatic N) is 4. The van der Waals surface area contributed by atoms with Crippen LogP contribution in [-0.2, 0) is 11.2 Å². The van der Waals surface area contributed by atoms with Gasteiger partial charge in [0, 0.05) is 56.1 Å². The molecule has 1 saturated heterocycles. The quantitative estimate of drug-likeness (QED) is 0.571. The molecule has 1 aliphatic carbocycles. The van der Waals surface area contributed by atoms with Gasteiger partial charge in [-0.2, -0.15) is 0 Å². The van der Waals surface area contributed by atoms with Crippen LogP contribution in [0.25, 0.3) is 0 Å². The minimum atomic E-state index is 0.0450. The molecule has 1 saturated carbocycles. The molecule has 1 aliphatic heterocycles. The Labute approximate surface area is 209 Å². The number of rotatable bonds is 7. The van der Waals surface area contributed by atoms with Crippen LogP contribution in [0.4, 0.5) is 11.6 Å². The van der Waals surface area contributed by atoms with Crippen molar-refractivity contribution in [1.29, 1.82) is 0 Å². The van der Waals surface area contributed by atoms with Gasteiger partial charge in [0.15, 0.2) is 0 Å². The van der Waals surface area contributed by atoms with Crippen LogP contribution in [0.1, 0.15) is 42.2 Å². The van der Waals surface area contributed by atoms with Crippen LogP contribution in [0.15, 0.2) is 34.9 Å². The van der Waals surface area contributed by atoms with Gasteiger partial charge in [-0.1, -0.05) is 6.42 Å². The lowest BCUT2D eigenvalue weighted by atomic mass is 9.90. The number of hydrogen-bond donors (Lipinski definition) is 2. The van der Waals surface area contributed by atoms with Crippen LogP contribution in [0, 0.1) is 11.8 Å². The molecular formula is C25H33BrN6O2. The van der Waals surface area contributed by atoms with Gasteiger partial charge in [0.25, 0.3) is 5.91 Å². The zero-order valence-corrected chi connectivity index (χ0v) is 21.5. The molecule has 2 aliphatic rings. The zero-order chi connectivity index (χ0) is 24.1. The van der Waals surface area contributed by atoms with Gasteiger partial charge in [0.2, 0.25) is 11.9 Å². The topological polar surface area (TPSA) is 90.5 Å². The van der Waals surface area contributed by atoms with E-state index < -0.39 is 0 Å². The summed E-state index contributed by atoms with van der Waals surface area (Å²) in [6.07, 6.45) is 5.52. The summed E-state index contributed by atoms with van der Waals surface area (Å²) in [5, 5.41) is 6.22. The Hall–Kier alpha value is -2.52. The lowest BCUT2D eigenvalue weighted by Crippen LogP contribution is -2.47. The number of carbonyl (C=O) groups is 2. The predicted octanol–water partition coefficient (Wildman–Crippen LogP) is 3.47. The van der Waals surface area contributed by atoms with Crippen molar-refractivity contribution in [2.45, 2.75) is 32.6 Å². The number of halogens is 1. The van der Waals surface area contributed by atoms with Crippen molar-refractivity contribution in [3.63, 3.8) is 0 Å². The molecule has 0 spiro atoms. The standard InChI is InChI=1S/C25H33BrN6O2/c1-3-27-23(33)20-6-4-5-18(20)15-22-21(26)16-28-25(30-22)29-19-9-7-17(8-10-19)24(34)32-13-11-31(2)12-14-32/h7-10,16,18,20H,3-6,11-15H2,1-2H3,(H,27,33)(H,28,29,30)/t18-,20-/m0/s1. The minimum Gasteiger partial charge on any atom is -0.356 e. The van der Waals surface area contributed by atoms with E-state index >= 15 is 0 Å². The molecule has 2 N–H and O–H groups in total. The summed E-state index contributed by atoms with van der Waals surface area (Å²) in [4.78, 5) is 38.5. The fourth-order valence-electron chi connectivity index (χ4n) is 4.80. The van der Waals surface area contributed by atoms with Gasteiger partial charge in [-0.05, 0) is 79.3 Å². The van der Waals surface area contributed by atoms with Crippen LogP contribution in [0.5, 0.6) is 0 Å². The van der Waals surface area contributed by atoms with Crippen LogP contribution < -0.4 is 10.6 Å². The molecule has 2 heterocycles. The van der Waals surface area contributed by atoms with E-state index in [4.69, 9.17) is 4.98 Å². The van der Waals surface area contributed by atoms with Crippen molar-refractivity contribution in [3.05, 3.63) is 46.2 Å². The fourth-order valence-corrected chi connectivity index (χ4v) is 5.16. The van der Waals surface area contributed by atoms with Gasteiger partial charge in [-0.3, -0.25) is 9.59 Å². The van der Waals surface area contributed by atoms with Crippen LogP contribution in [0.3, 0.4) is 0 Å². The number of anilines is 2. The number of aromatic nitrogens is 2. The molecule has 8 nitrogen and oxygen atoms in total. The first kappa shape index (κ1) is 24.6. The van der Waals surface area contributed by atoms with E-state index in [2.05, 4.69) is 43.5 Å². The first-order valence-corrected chi connectivity index (χ1v) is 12.9. The van der Waals surface area contributed by atoms with Gasteiger partial charge >= 0.3 is 0 Å². The molecule has 1 aromatic carbocycles. The monoisotopic (exact) mass is 528 g/mol. The van der Waals surface area contributed by atoms with E-state index in [0.29, 0.717) is 18.1 Å². The lowest BCUT2D eigenvalue weighted by molar-refractivity contribution is -0.125. The highest BCUT2D eigenvalue weighted by Gasteiger charge is 2.33. The summed E-state index contributed by atoms with van der Waals surface area (Å²) >= 11 is 3.58. The zero-order valence-electron chi connectivity index (χ0n) is 19.9. The summed E-state index contributed by atoms with van der Waals surface area (Å²) in [6, 6.07) is 7.46. The number of amides is 2. The first-order chi connectivity index (χ1) is 16.4. The average molecular weight is 529 g/mol. The molecule has 34 heavy (non-hydrogen) atoms. The van der Waals surface area contributed by atoms with Crippen LogP contribution in [-0.4, -0.2) is 71.4 Å². The Morgan fingerprint density at radius 2 is 1.85 bits per heavy atom. The molecule has 0 unspecified atom stereocenters. The van der Waals surface area contributed by atoms with Crippen LogP contribution in [0.2, 0.25) is 0 Å². The van der Waals surface area contributed by atoms with Gasteiger partial charge in [-0.15, -0.1) is 0 Å². The maximum atomic E-state index is 12.8. The van der Waals surface area contributed by atoms with Gasteiger partial charge < -0.3 is 20.4 Å². The van der Waals surface area contributed by atoms with Crippen LogP contribution >= 0.6 is 15.9 Å². The van der Waals surface area contributed by atoms with Crippen molar-refractivity contribution in [2.24, 2.45) is 11.8 Å². The van der Waals surface area contributed by atoms with E-state index in [0.717, 1.165) is 67.7 Å². The second kappa shape index (κ2) is 11.3. The number of carbonyl (C=O) groups excluding carboxylic acids is 2. The number of hydrogen-bond acceptors (Lipinski definition) is 6. The highest BCUT2D eigenvalue weighted by atomic mass is 79.9. The average Bonchev–Trinajstić information content (AvgIpc) is 3.30. The van der Waals surface area contributed by atoms with Gasteiger partial charge in [-0.25, -0.2) is 9.97 Å². The third-order valence-corrected chi connectivity index (χ3v) is 7.46. The molecule has 0 radical (unpaired) electrons. The largest absolute Gasteiger partial charge is 0.356 e. The van der Waals surface area contributed by atoms with Crippen molar-refractivity contribution in [1.82, 2.24) is 25.1 Å². The molecule has 2 aromatic rings. The van der Waals surface area contributed by atoms with Crippen molar-refractivity contribution in [2.75, 3.05) is 45.1 Å². The Morgan fingerprint density at radius 3 is 2.56 bits per heavy atom.